The monoisotopic (exact) mass is 336 g/mol. The standard InChI is InChI=1S/C20H24N4O/c1-15-17-6-2-3-7-18(17)23-19(15)14-21-13-16-5-4-8-22-20(16)24-9-11-25-12-10-24/h2-8,21,23H,9-14H2,1H3. The van der Waals surface area contributed by atoms with E-state index in [1.165, 1.54) is 27.7 Å². The van der Waals surface area contributed by atoms with Gasteiger partial charge in [0.15, 0.2) is 0 Å². The Hall–Kier alpha value is -2.37. The van der Waals surface area contributed by atoms with Gasteiger partial charge in [0.2, 0.25) is 0 Å². The number of morpholine rings is 1. The van der Waals surface area contributed by atoms with E-state index in [2.05, 4.69) is 57.4 Å². The molecular formula is C20H24N4O. The first-order valence-electron chi connectivity index (χ1n) is 8.86. The Balaban J connectivity index is 1.45. The summed E-state index contributed by atoms with van der Waals surface area (Å²) in [5.41, 5.74) is 5.01. The maximum absolute atomic E-state index is 5.45. The first-order chi connectivity index (χ1) is 12.3. The summed E-state index contributed by atoms with van der Waals surface area (Å²) in [6.45, 7) is 7.16. The Morgan fingerprint density at radius 1 is 1.12 bits per heavy atom. The average molecular weight is 336 g/mol. The zero-order valence-electron chi connectivity index (χ0n) is 14.6. The SMILES string of the molecule is Cc1c(CNCc2cccnc2N2CCOCC2)[nH]c2ccccc12. The number of fused-ring (bicyclic) bond motifs is 1. The average Bonchev–Trinajstić information content (AvgIpc) is 2.99. The fourth-order valence-electron chi connectivity index (χ4n) is 3.47. The lowest BCUT2D eigenvalue weighted by atomic mass is 10.1. The minimum Gasteiger partial charge on any atom is -0.378 e. The number of nitrogens with one attached hydrogen (secondary N) is 2. The second kappa shape index (κ2) is 7.25. The Labute approximate surface area is 148 Å². The number of aromatic amines is 1. The third-order valence-electron chi connectivity index (χ3n) is 4.86. The maximum Gasteiger partial charge on any atom is 0.133 e. The molecule has 5 heteroatoms. The van der Waals surface area contributed by atoms with Crippen LogP contribution in [0.15, 0.2) is 42.6 Å². The van der Waals surface area contributed by atoms with E-state index in [1.54, 1.807) is 0 Å². The van der Waals surface area contributed by atoms with E-state index in [0.717, 1.165) is 45.2 Å². The third kappa shape index (κ3) is 3.38. The highest BCUT2D eigenvalue weighted by Crippen LogP contribution is 2.22. The summed E-state index contributed by atoms with van der Waals surface area (Å²) in [6, 6.07) is 12.6. The Kier molecular flexibility index (Phi) is 4.68. The van der Waals surface area contributed by atoms with Crippen molar-refractivity contribution in [2.45, 2.75) is 20.0 Å². The zero-order valence-corrected chi connectivity index (χ0v) is 14.6. The Bertz CT molecular complexity index is 852. The number of ether oxygens (including phenoxy) is 1. The molecule has 130 valence electrons. The largest absolute Gasteiger partial charge is 0.378 e. The second-order valence-corrected chi connectivity index (χ2v) is 6.46. The normalized spacial score (nSPS) is 15.0. The Morgan fingerprint density at radius 2 is 1.96 bits per heavy atom. The third-order valence-corrected chi connectivity index (χ3v) is 4.86. The summed E-state index contributed by atoms with van der Waals surface area (Å²) in [6.07, 6.45) is 1.87. The number of nitrogens with zero attached hydrogens (tertiary/aromatic N) is 2. The molecule has 1 aromatic carbocycles. The fourth-order valence-corrected chi connectivity index (χ4v) is 3.47. The van der Waals surface area contributed by atoms with E-state index < -0.39 is 0 Å². The van der Waals surface area contributed by atoms with Crippen molar-refractivity contribution in [1.82, 2.24) is 15.3 Å². The molecule has 0 spiro atoms. The molecule has 25 heavy (non-hydrogen) atoms. The number of benzene rings is 1. The first kappa shape index (κ1) is 16.1. The van der Waals surface area contributed by atoms with E-state index in [-0.39, 0.29) is 0 Å². The molecule has 0 aliphatic carbocycles. The van der Waals surface area contributed by atoms with Gasteiger partial charge in [0.25, 0.3) is 0 Å². The minimum absolute atomic E-state index is 0.775. The molecule has 0 unspecified atom stereocenters. The summed E-state index contributed by atoms with van der Waals surface area (Å²) in [5.74, 6) is 1.08. The lowest BCUT2D eigenvalue weighted by Crippen LogP contribution is -2.37. The van der Waals surface area contributed by atoms with Crippen LogP contribution >= 0.6 is 0 Å². The minimum atomic E-state index is 0.775. The van der Waals surface area contributed by atoms with Gasteiger partial charge in [-0.15, -0.1) is 0 Å². The lowest BCUT2D eigenvalue weighted by Gasteiger charge is -2.29. The summed E-state index contributed by atoms with van der Waals surface area (Å²) < 4.78 is 5.45. The molecule has 0 amide bonds. The lowest BCUT2D eigenvalue weighted by molar-refractivity contribution is 0.122. The predicted octanol–water partition coefficient (Wildman–Crippen LogP) is 3.00. The molecule has 2 N–H and O–H groups in total. The van der Waals surface area contributed by atoms with E-state index in [4.69, 9.17) is 4.74 Å². The van der Waals surface area contributed by atoms with Crippen molar-refractivity contribution in [3.63, 3.8) is 0 Å². The van der Waals surface area contributed by atoms with Crippen LogP contribution in [0, 0.1) is 6.92 Å². The van der Waals surface area contributed by atoms with E-state index >= 15 is 0 Å². The second-order valence-electron chi connectivity index (χ2n) is 6.46. The number of pyridine rings is 1. The van der Waals surface area contributed by atoms with Crippen molar-refractivity contribution >= 4 is 16.7 Å². The van der Waals surface area contributed by atoms with Gasteiger partial charge in [-0.1, -0.05) is 24.3 Å². The number of anilines is 1. The van der Waals surface area contributed by atoms with Gasteiger partial charge in [-0.2, -0.15) is 0 Å². The van der Waals surface area contributed by atoms with Gasteiger partial charge in [-0.3, -0.25) is 0 Å². The van der Waals surface area contributed by atoms with Crippen molar-refractivity contribution in [3.05, 3.63) is 59.4 Å². The van der Waals surface area contributed by atoms with E-state index in [9.17, 15) is 0 Å². The van der Waals surface area contributed by atoms with Crippen LogP contribution in [0.2, 0.25) is 0 Å². The number of H-pyrrole nitrogens is 1. The van der Waals surface area contributed by atoms with Gasteiger partial charge in [0.1, 0.15) is 5.82 Å². The van der Waals surface area contributed by atoms with E-state index in [0.29, 0.717) is 0 Å². The molecule has 1 aliphatic rings. The smallest absolute Gasteiger partial charge is 0.133 e. The molecule has 0 saturated carbocycles. The first-order valence-corrected chi connectivity index (χ1v) is 8.86. The van der Waals surface area contributed by atoms with Crippen LogP contribution in [0.5, 0.6) is 0 Å². The molecule has 4 rings (SSSR count). The van der Waals surface area contributed by atoms with Crippen LogP contribution in [0.4, 0.5) is 5.82 Å². The molecule has 3 heterocycles. The molecule has 5 nitrogen and oxygen atoms in total. The molecule has 0 bridgehead atoms. The number of aromatic nitrogens is 2. The van der Waals surface area contributed by atoms with Crippen LogP contribution in [-0.4, -0.2) is 36.3 Å². The highest BCUT2D eigenvalue weighted by Gasteiger charge is 2.15. The van der Waals surface area contributed by atoms with Crippen molar-refractivity contribution in [3.8, 4) is 0 Å². The molecule has 1 aliphatic heterocycles. The van der Waals surface area contributed by atoms with Crippen LogP contribution in [-0.2, 0) is 17.8 Å². The highest BCUT2D eigenvalue weighted by atomic mass is 16.5. The van der Waals surface area contributed by atoms with Crippen LogP contribution < -0.4 is 10.2 Å². The van der Waals surface area contributed by atoms with Gasteiger partial charge in [0.05, 0.1) is 13.2 Å². The molecule has 3 aromatic rings. The van der Waals surface area contributed by atoms with Crippen molar-refractivity contribution < 1.29 is 4.74 Å². The Morgan fingerprint density at radius 3 is 2.80 bits per heavy atom. The van der Waals surface area contributed by atoms with Crippen LogP contribution in [0.1, 0.15) is 16.8 Å². The number of aryl methyl sites for hydroxylation is 1. The number of hydrogen-bond acceptors (Lipinski definition) is 4. The fraction of sp³-hybridized carbons (Fsp3) is 0.350. The van der Waals surface area contributed by atoms with Crippen LogP contribution in [0.3, 0.4) is 0 Å². The van der Waals surface area contributed by atoms with Gasteiger partial charge in [-0.25, -0.2) is 4.98 Å². The zero-order chi connectivity index (χ0) is 17.1. The predicted molar refractivity (Wildman–Crippen MR) is 101 cm³/mol. The quantitative estimate of drug-likeness (QED) is 0.752. The van der Waals surface area contributed by atoms with Gasteiger partial charge in [-0.05, 0) is 24.6 Å². The maximum atomic E-state index is 5.45. The summed E-state index contributed by atoms with van der Waals surface area (Å²) in [5, 5.41) is 4.87. The number of hydrogen-bond donors (Lipinski definition) is 2. The molecule has 0 radical (unpaired) electrons. The molecule has 1 saturated heterocycles. The topological polar surface area (TPSA) is 53.2 Å². The summed E-state index contributed by atoms with van der Waals surface area (Å²) in [7, 11) is 0. The van der Waals surface area contributed by atoms with Crippen LogP contribution in [0.25, 0.3) is 10.9 Å². The van der Waals surface area contributed by atoms with Gasteiger partial charge < -0.3 is 19.9 Å². The number of para-hydroxylation sites is 1. The highest BCUT2D eigenvalue weighted by molar-refractivity contribution is 5.84. The molecule has 2 aromatic heterocycles. The molecule has 0 atom stereocenters. The molecular weight excluding hydrogens is 312 g/mol. The van der Waals surface area contributed by atoms with E-state index in [1.807, 2.05) is 12.3 Å². The number of rotatable bonds is 5. The summed E-state index contributed by atoms with van der Waals surface area (Å²) >= 11 is 0. The molecule has 1 fully saturated rings. The van der Waals surface area contributed by atoms with Gasteiger partial charge >= 0.3 is 0 Å². The summed E-state index contributed by atoms with van der Waals surface area (Å²) in [4.78, 5) is 10.4. The van der Waals surface area contributed by atoms with Crippen molar-refractivity contribution in [2.24, 2.45) is 0 Å². The van der Waals surface area contributed by atoms with Gasteiger partial charge in [0, 0.05) is 54.5 Å². The van der Waals surface area contributed by atoms with Crippen molar-refractivity contribution in [2.75, 3.05) is 31.2 Å². The van der Waals surface area contributed by atoms with Crippen molar-refractivity contribution in [1.29, 1.82) is 0 Å².